The molecule has 1 amide bonds. The molecular weight excluding hydrogens is 392 g/mol. The number of benzene rings is 2. The van der Waals surface area contributed by atoms with Crippen molar-refractivity contribution in [2.45, 2.75) is 58.5 Å². The third kappa shape index (κ3) is 4.38. The van der Waals surface area contributed by atoms with Crippen LogP contribution < -0.4 is 5.32 Å². The Hall–Kier alpha value is -2.73. The van der Waals surface area contributed by atoms with Crippen LogP contribution in [0.2, 0.25) is 0 Å². The van der Waals surface area contributed by atoms with E-state index in [4.69, 9.17) is 17.3 Å². The molecule has 6 heteroatoms. The zero-order chi connectivity index (χ0) is 21.1. The van der Waals surface area contributed by atoms with Crippen LogP contribution in [0.1, 0.15) is 43.2 Å². The number of hydrogen-bond donors (Lipinski definition) is 1. The third-order valence-electron chi connectivity index (χ3n) is 5.74. The summed E-state index contributed by atoms with van der Waals surface area (Å²) in [5.74, 6) is 0.725. The molecule has 0 bridgehead atoms. The predicted octanol–water partition coefficient (Wildman–Crippen LogP) is 5.14. The molecule has 5 nitrogen and oxygen atoms in total. The van der Waals surface area contributed by atoms with Gasteiger partial charge in [-0.25, -0.2) is 4.68 Å². The van der Waals surface area contributed by atoms with Crippen LogP contribution in [0.5, 0.6) is 0 Å². The Kier molecular flexibility index (Phi) is 6.13. The first-order valence-electron chi connectivity index (χ1n) is 10.6. The van der Waals surface area contributed by atoms with Gasteiger partial charge in [-0.05, 0) is 56.1 Å². The molecule has 1 saturated carbocycles. The number of hydrogen-bond acceptors (Lipinski definition) is 3. The van der Waals surface area contributed by atoms with Gasteiger partial charge in [-0.15, -0.1) is 0 Å². The van der Waals surface area contributed by atoms with Crippen LogP contribution in [0.15, 0.2) is 48.5 Å². The molecule has 0 spiro atoms. The largest absolute Gasteiger partial charge is 0.352 e. The van der Waals surface area contributed by atoms with Crippen LogP contribution in [-0.2, 0) is 11.3 Å². The number of rotatable bonds is 5. The van der Waals surface area contributed by atoms with E-state index in [9.17, 15) is 4.79 Å². The Morgan fingerprint density at radius 1 is 1.10 bits per heavy atom. The van der Waals surface area contributed by atoms with Gasteiger partial charge in [0.25, 0.3) is 0 Å². The average molecular weight is 421 g/mol. The molecule has 4 rings (SSSR count). The van der Waals surface area contributed by atoms with E-state index in [1.165, 1.54) is 19.3 Å². The maximum atomic E-state index is 12.7. The van der Waals surface area contributed by atoms with Gasteiger partial charge in [-0.1, -0.05) is 61.7 Å². The predicted molar refractivity (Wildman–Crippen MR) is 122 cm³/mol. The number of aryl methyl sites for hydroxylation is 2. The van der Waals surface area contributed by atoms with Gasteiger partial charge < -0.3 is 5.32 Å². The molecule has 3 aromatic rings. The van der Waals surface area contributed by atoms with Gasteiger partial charge in [0.1, 0.15) is 6.54 Å². The van der Waals surface area contributed by atoms with Gasteiger partial charge in [0, 0.05) is 11.6 Å². The first-order valence-corrected chi connectivity index (χ1v) is 11.1. The molecule has 0 saturated heterocycles. The third-order valence-corrected chi connectivity index (χ3v) is 6.13. The van der Waals surface area contributed by atoms with E-state index in [-0.39, 0.29) is 18.5 Å². The SMILES string of the molecule is Cc1ccc(C)c(-n2c(-c3ccccc3)nn(CC(=O)NC3CCCCC3)c2=S)c1. The van der Waals surface area contributed by atoms with Gasteiger partial charge in [-0.3, -0.25) is 9.36 Å². The second-order valence-electron chi connectivity index (χ2n) is 8.16. The fourth-order valence-electron chi connectivity index (χ4n) is 4.12. The summed E-state index contributed by atoms with van der Waals surface area (Å²) in [7, 11) is 0. The van der Waals surface area contributed by atoms with Crippen LogP contribution in [0.25, 0.3) is 17.1 Å². The van der Waals surface area contributed by atoms with Crippen molar-refractivity contribution >= 4 is 18.1 Å². The molecule has 1 aliphatic rings. The highest BCUT2D eigenvalue weighted by Crippen LogP contribution is 2.25. The van der Waals surface area contributed by atoms with E-state index in [0.717, 1.165) is 41.0 Å². The Morgan fingerprint density at radius 2 is 1.83 bits per heavy atom. The highest BCUT2D eigenvalue weighted by atomic mass is 32.1. The smallest absolute Gasteiger partial charge is 0.242 e. The average Bonchev–Trinajstić information content (AvgIpc) is 3.07. The van der Waals surface area contributed by atoms with Gasteiger partial charge in [-0.2, -0.15) is 5.10 Å². The first kappa shape index (κ1) is 20.5. The number of nitrogens with zero attached hydrogens (tertiary/aromatic N) is 3. The molecular formula is C24H28N4OS. The normalized spacial score (nSPS) is 14.6. The summed E-state index contributed by atoms with van der Waals surface area (Å²) >= 11 is 5.80. The summed E-state index contributed by atoms with van der Waals surface area (Å²) in [4.78, 5) is 12.7. The fourth-order valence-corrected chi connectivity index (χ4v) is 4.41. The molecule has 156 valence electrons. The lowest BCUT2D eigenvalue weighted by Crippen LogP contribution is -2.38. The minimum absolute atomic E-state index is 0.0248. The molecule has 2 aromatic carbocycles. The van der Waals surface area contributed by atoms with Gasteiger partial charge >= 0.3 is 0 Å². The van der Waals surface area contributed by atoms with Crippen LogP contribution in [-0.4, -0.2) is 26.3 Å². The lowest BCUT2D eigenvalue weighted by Gasteiger charge is -2.22. The quantitative estimate of drug-likeness (QED) is 0.582. The summed E-state index contributed by atoms with van der Waals surface area (Å²) in [5.41, 5.74) is 4.23. The molecule has 0 unspecified atom stereocenters. The topological polar surface area (TPSA) is 51.9 Å². The minimum atomic E-state index is -0.0248. The standard InChI is InChI=1S/C24H28N4OS/c1-17-13-14-18(2)21(15-17)28-23(19-9-5-3-6-10-19)26-27(24(28)30)16-22(29)25-20-11-7-4-8-12-20/h3,5-6,9-10,13-15,20H,4,7-8,11-12,16H2,1-2H3,(H,25,29). The highest BCUT2D eigenvalue weighted by Gasteiger charge is 2.20. The van der Waals surface area contributed by atoms with Gasteiger partial charge in [0.2, 0.25) is 10.7 Å². The molecule has 0 radical (unpaired) electrons. The summed E-state index contributed by atoms with van der Waals surface area (Å²) in [6.45, 7) is 4.27. The van der Waals surface area contributed by atoms with E-state index in [2.05, 4.69) is 37.4 Å². The van der Waals surface area contributed by atoms with Crippen LogP contribution in [0.4, 0.5) is 0 Å². The summed E-state index contributed by atoms with van der Waals surface area (Å²) < 4.78 is 4.17. The van der Waals surface area contributed by atoms with E-state index < -0.39 is 0 Å². The Labute approximate surface area is 182 Å². The van der Waals surface area contributed by atoms with Crippen molar-refractivity contribution in [2.75, 3.05) is 0 Å². The number of carbonyl (C=O) groups is 1. The van der Waals surface area contributed by atoms with Crippen molar-refractivity contribution in [2.24, 2.45) is 0 Å². The number of carbonyl (C=O) groups excluding carboxylic acids is 1. The molecule has 0 aliphatic heterocycles. The Balaban J connectivity index is 1.72. The van der Waals surface area contributed by atoms with Crippen LogP contribution in [0, 0.1) is 18.6 Å². The lowest BCUT2D eigenvalue weighted by molar-refractivity contribution is -0.122. The van der Waals surface area contributed by atoms with Crippen LogP contribution in [0.3, 0.4) is 0 Å². The summed E-state index contributed by atoms with van der Waals surface area (Å²) in [6, 6.07) is 16.6. The fraction of sp³-hybridized carbons (Fsp3) is 0.375. The van der Waals surface area contributed by atoms with E-state index in [1.807, 2.05) is 34.9 Å². The van der Waals surface area contributed by atoms with E-state index in [1.54, 1.807) is 4.68 Å². The Bertz CT molecular complexity index is 1090. The van der Waals surface area contributed by atoms with Gasteiger partial charge in [0.05, 0.1) is 5.69 Å². The molecule has 1 fully saturated rings. The minimum Gasteiger partial charge on any atom is -0.352 e. The highest BCUT2D eigenvalue weighted by molar-refractivity contribution is 7.71. The second-order valence-corrected chi connectivity index (χ2v) is 8.52. The summed E-state index contributed by atoms with van der Waals surface area (Å²) in [6.07, 6.45) is 5.75. The lowest BCUT2D eigenvalue weighted by atomic mass is 9.95. The molecule has 0 atom stereocenters. The monoisotopic (exact) mass is 420 g/mol. The molecule has 30 heavy (non-hydrogen) atoms. The number of amides is 1. The van der Waals surface area contributed by atoms with Crippen molar-refractivity contribution < 1.29 is 4.79 Å². The van der Waals surface area contributed by atoms with Crippen molar-refractivity contribution in [1.29, 1.82) is 0 Å². The molecule has 1 heterocycles. The zero-order valence-electron chi connectivity index (χ0n) is 17.6. The van der Waals surface area contributed by atoms with Crippen LogP contribution >= 0.6 is 12.2 Å². The van der Waals surface area contributed by atoms with Crippen molar-refractivity contribution in [3.8, 4) is 17.1 Å². The zero-order valence-corrected chi connectivity index (χ0v) is 18.4. The maximum Gasteiger partial charge on any atom is 0.242 e. The van der Waals surface area contributed by atoms with Gasteiger partial charge in [0.15, 0.2) is 5.82 Å². The second kappa shape index (κ2) is 8.96. The molecule has 1 aliphatic carbocycles. The maximum absolute atomic E-state index is 12.7. The number of nitrogens with one attached hydrogen (secondary N) is 1. The van der Waals surface area contributed by atoms with Crippen molar-refractivity contribution in [1.82, 2.24) is 19.7 Å². The summed E-state index contributed by atoms with van der Waals surface area (Å²) in [5, 5.41) is 7.94. The Morgan fingerprint density at radius 3 is 2.57 bits per heavy atom. The van der Waals surface area contributed by atoms with E-state index in [0.29, 0.717) is 4.77 Å². The van der Waals surface area contributed by atoms with Crippen molar-refractivity contribution in [3.63, 3.8) is 0 Å². The molecule has 1 N–H and O–H groups in total. The molecule has 1 aromatic heterocycles. The van der Waals surface area contributed by atoms with E-state index >= 15 is 0 Å². The number of aromatic nitrogens is 3. The van der Waals surface area contributed by atoms with Crippen molar-refractivity contribution in [3.05, 3.63) is 64.4 Å². The first-order chi connectivity index (χ1) is 14.5.